The number of amides is 1. The molecule has 1 amide bonds. The summed E-state index contributed by atoms with van der Waals surface area (Å²) in [5.41, 5.74) is 2.84. The van der Waals surface area contributed by atoms with Crippen LogP contribution in [-0.4, -0.2) is 35.1 Å². The Morgan fingerprint density at radius 3 is 2.24 bits per heavy atom. The number of benzene rings is 3. The molecule has 0 aliphatic carbocycles. The maximum absolute atomic E-state index is 13.0. The van der Waals surface area contributed by atoms with Crippen molar-refractivity contribution >= 4 is 28.7 Å². The van der Waals surface area contributed by atoms with Gasteiger partial charge in [0, 0.05) is 35.6 Å². The van der Waals surface area contributed by atoms with Crippen molar-refractivity contribution in [2.24, 2.45) is 0 Å². The summed E-state index contributed by atoms with van der Waals surface area (Å²) in [5, 5.41) is 12.2. The topological polar surface area (TPSA) is 110 Å². The minimum atomic E-state index is -1.05. The Bertz CT molecular complexity index is 1440. The molecule has 0 fully saturated rings. The monoisotopic (exact) mass is 509 g/mol. The van der Waals surface area contributed by atoms with E-state index in [2.05, 4.69) is 11.4 Å². The van der Waals surface area contributed by atoms with E-state index in [0.717, 1.165) is 22.0 Å². The van der Waals surface area contributed by atoms with Gasteiger partial charge in [-0.05, 0) is 17.2 Å². The minimum Gasteiger partial charge on any atom is -0.456 e. The van der Waals surface area contributed by atoms with Crippen molar-refractivity contribution in [3.8, 4) is 6.07 Å². The van der Waals surface area contributed by atoms with Crippen LogP contribution in [-0.2, 0) is 33.8 Å². The van der Waals surface area contributed by atoms with E-state index in [1.54, 1.807) is 6.20 Å². The van der Waals surface area contributed by atoms with Gasteiger partial charge < -0.3 is 19.4 Å². The van der Waals surface area contributed by atoms with Gasteiger partial charge in [0.05, 0.1) is 12.5 Å². The van der Waals surface area contributed by atoms with Crippen LogP contribution in [0.3, 0.4) is 0 Å². The molecule has 0 spiro atoms. The molecule has 0 unspecified atom stereocenters. The Kier molecular flexibility index (Phi) is 8.87. The number of carbonyl (C=O) groups is 3. The SMILES string of the molecule is N#CCCn1cc(C(=O)COC(=O)[C@H](Cc2ccccc2)NC(=O)OCc2ccccc2)c2ccccc21. The summed E-state index contributed by atoms with van der Waals surface area (Å²) < 4.78 is 12.5. The number of nitriles is 1. The van der Waals surface area contributed by atoms with Gasteiger partial charge in [-0.3, -0.25) is 4.79 Å². The number of hydrogen-bond acceptors (Lipinski definition) is 6. The van der Waals surface area contributed by atoms with E-state index < -0.39 is 24.7 Å². The smallest absolute Gasteiger partial charge is 0.408 e. The van der Waals surface area contributed by atoms with Crippen molar-refractivity contribution in [1.29, 1.82) is 5.26 Å². The fourth-order valence-corrected chi connectivity index (χ4v) is 4.09. The largest absolute Gasteiger partial charge is 0.456 e. The molecule has 192 valence electrons. The lowest BCUT2D eigenvalue weighted by Gasteiger charge is -2.17. The fourth-order valence-electron chi connectivity index (χ4n) is 4.09. The standard InChI is InChI=1S/C30H27N3O5/c31-16-9-17-33-19-25(24-14-7-8-15-27(24)33)28(34)21-37-29(35)26(18-22-10-3-1-4-11-22)32-30(36)38-20-23-12-5-2-6-13-23/h1-8,10-15,19,26H,9,17-18,20-21H2,(H,32,36)/t26-/m0/s1. The number of nitrogens with zero attached hydrogens (tertiary/aromatic N) is 2. The van der Waals surface area contributed by atoms with Crippen molar-refractivity contribution in [1.82, 2.24) is 9.88 Å². The number of aromatic nitrogens is 1. The molecule has 0 saturated heterocycles. The third kappa shape index (κ3) is 6.86. The van der Waals surface area contributed by atoms with Crippen LogP contribution in [0.5, 0.6) is 0 Å². The lowest BCUT2D eigenvalue weighted by molar-refractivity contribution is -0.144. The molecule has 4 rings (SSSR count). The number of alkyl carbamates (subject to hydrolysis) is 1. The van der Waals surface area contributed by atoms with Gasteiger partial charge in [0.15, 0.2) is 6.61 Å². The van der Waals surface area contributed by atoms with Crippen LogP contribution in [0.15, 0.2) is 91.1 Å². The Hall–Kier alpha value is -4.90. The minimum absolute atomic E-state index is 0.0497. The molecular weight excluding hydrogens is 482 g/mol. The van der Waals surface area contributed by atoms with Gasteiger partial charge >= 0.3 is 12.1 Å². The van der Waals surface area contributed by atoms with E-state index in [1.807, 2.05) is 89.5 Å². The molecule has 3 aromatic carbocycles. The predicted molar refractivity (Wildman–Crippen MR) is 141 cm³/mol. The number of fused-ring (bicyclic) bond motifs is 1. The van der Waals surface area contributed by atoms with E-state index in [4.69, 9.17) is 14.7 Å². The first-order valence-electron chi connectivity index (χ1n) is 12.2. The van der Waals surface area contributed by atoms with Gasteiger partial charge in [0.1, 0.15) is 12.6 Å². The Morgan fingerprint density at radius 1 is 0.868 bits per heavy atom. The summed E-state index contributed by atoms with van der Waals surface area (Å²) >= 11 is 0. The highest BCUT2D eigenvalue weighted by Crippen LogP contribution is 2.22. The first-order chi connectivity index (χ1) is 18.5. The Morgan fingerprint density at radius 2 is 1.53 bits per heavy atom. The van der Waals surface area contributed by atoms with Crippen molar-refractivity contribution in [3.05, 3.63) is 108 Å². The lowest BCUT2D eigenvalue weighted by atomic mass is 10.1. The Balaban J connectivity index is 1.43. The molecule has 1 heterocycles. The second kappa shape index (κ2) is 12.9. The normalized spacial score (nSPS) is 11.3. The van der Waals surface area contributed by atoms with E-state index >= 15 is 0 Å². The highest BCUT2D eigenvalue weighted by atomic mass is 16.6. The maximum atomic E-state index is 13.0. The van der Waals surface area contributed by atoms with Gasteiger partial charge in [-0.1, -0.05) is 78.9 Å². The number of Topliss-reactive ketones (excluding diaryl/α,β-unsaturated/α-hetero) is 1. The number of hydrogen-bond donors (Lipinski definition) is 1. The highest BCUT2D eigenvalue weighted by Gasteiger charge is 2.25. The molecule has 0 aliphatic rings. The number of ketones is 1. The van der Waals surface area contributed by atoms with Crippen LogP contribution >= 0.6 is 0 Å². The highest BCUT2D eigenvalue weighted by molar-refractivity contribution is 6.09. The zero-order chi connectivity index (χ0) is 26.7. The zero-order valence-corrected chi connectivity index (χ0v) is 20.7. The second-order valence-corrected chi connectivity index (χ2v) is 8.64. The van der Waals surface area contributed by atoms with Crippen LogP contribution in [0.25, 0.3) is 10.9 Å². The van der Waals surface area contributed by atoms with Crippen LogP contribution in [0.1, 0.15) is 27.9 Å². The van der Waals surface area contributed by atoms with Gasteiger partial charge in [-0.2, -0.15) is 5.26 Å². The number of aryl methyl sites for hydroxylation is 1. The molecule has 1 atom stereocenters. The van der Waals surface area contributed by atoms with Gasteiger partial charge in [0.2, 0.25) is 5.78 Å². The molecule has 0 saturated carbocycles. The van der Waals surface area contributed by atoms with Gasteiger partial charge in [-0.15, -0.1) is 0 Å². The molecule has 8 nitrogen and oxygen atoms in total. The first kappa shape index (κ1) is 26.2. The number of rotatable bonds is 11. The van der Waals surface area contributed by atoms with Gasteiger partial charge in [0.25, 0.3) is 0 Å². The molecule has 4 aromatic rings. The molecule has 0 aliphatic heterocycles. The van der Waals surface area contributed by atoms with Crippen LogP contribution in [0, 0.1) is 11.3 Å². The van der Waals surface area contributed by atoms with E-state index in [9.17, 15) is 14.4 Å². The summed E-state index contributed by atoms with van der Waals surface area (Å²) in [4.78, 5) is 38.5. The molecule has 0 bridgehead atoms. The molecule has 1 aromatic heterocycles. The predicted octanol–water partition coefficient (Wildman–Crippen LogP) is 4.82. The number of para-hydroxylation sites is 1. The average molecular weight is 510 g/mol. The molecular formula is C30H27N3O5. The van der Waals surface area contributed by atoms with E-state index in [1.165, 1.54) is 0 Å². The summed E-state index contributed by atoms with van der Waals surface area (Å²) in [5.74, 6) is -1.12. The van der Waals surface area contributed by atoms with E-state index in [0.29, 0.717) is 18.5 Å². The zero-order valence-electron chi connectivity index (χ0n) is 20.7. The fraction of sp³-hybridized carbons (Fsp3) is 0.200. The molecule has 8 heteroatoms. The average Bonchev–Trinajstić information content (AvgIpc) is 3.33. The van der Waals surface area contributed by atoms with Crippen molar-refractivity contribution in [3.63, 3.8) is 0 Å². The summed E-state index contributed by atoms with van der Waals surface area (Å²) in [7, 11) is 0. The summed E-state index contributed by atoms with van der Waals surface area (Å²) in [6.45, 7) is 0.00347. The lowest BCUT2D eigenvalue weighted by Crippen LogP contribution is -2.44. The van der Waals surface area contributed by atoms with Crippen molar-refractivity contribution < 1.29 is 23.9 Å². The van der Waals surface area contributed by atoms with Crippen LogP contribution < -0.4 is 5.32 Å². The number of carbonyl (C=O) groups excluding carboxylic acids is 3. The van der Waals surface area contributed by atoms with Crippen molar-refractivity contribution in [2.45, 2.75) is 32.0 Å². The molecule has 0 radical (unpaired) electrons. The molecule has 38 heavy (non-hydrogen) atoms. The third-order valence-electron chi connectivity index (χ3n) is 5.97. The Labute approximate surface area is 220 Å². The number of ether oxygens (including phenoxy) is 2. The number of nitrogens with one attached hydrogen (secondary N) is 1. The molecule has 1 N–H and O–H groups in total. The van der Waals surface area contributed by atoms with Gasteiger partial charge in [-0.25, -0.2) is 9.59 Å². The summed E-state index contributed by atoms with van der Waals surface area (Å²) in [6.07, 6.45) is 1.38. The second-order valence-electron chi connectivity index (χ2n) is 8.64. The first-order valence-corrected chi connectivity index (χ1v) is 12.2. The van der Waals surface area contributed by atoms with E-state index in [-0.39, 0.29) is 18.8 Å². The maximum Gasteiger partial charge on any atom is 0.408 e. The van der Waals surface area contributed by atoms with Crippen LogP contribution in [0.4, 0.5) is 4.79 Å². The van der Waals surface area contributed by atoms with Crippen LogP contribution in [0.2, 0.25) is 0 Å². The third-order valence-corrected chi connectivity index (χ3v) is 5.97. The number of esters is 1. The van der Waals surface area contributed by atoms with Crippen molar-refractivity contribution in [2.75, 3.05) is 6.61 Å². The quantitative estimate of drug-likeness (QED) is 0.229. The summed E-state index contributed by atoms with van der Waals surface area (Å²) in [6, 6.07) is 26.8.